The molecule has 2 heterocycles. The fraction of sp³-hybridized carbons (Fsp3) is 0.300. The number of aryl methyl sites for hydroxylation is 1. The lowest BCUT2D eigenvalue weighted by Gasteiger charge is -2.02. The van der Waals surface area contributed by atoms with Gasteiger partial charge in [0.05, 0.1) is 0 Å². The third-order valence-electron chi connectivity index (χ3n) is 2.17. The molecule has 0 aliphatic heterocycles. The van der Waals surface area contributed by atoms with E-state index >= 15 is 0 Å². The monoisotopic (exact) mass is 253 g/mol. The molecule has 0 atom stereocenters. The molecule has 2 aromatic heterocycles. The highest BCUT2D eigenvalue weighted by Gasteiger charge is 2.01. The van der Waals surface area contributed by atoms with Crippen LogP contribution in [0, 0.1) is 0 Å². The Labute approximate surface area is 91.1 Å². The van der Waals surface area contributed by atoms with E-state index in [-0.39, 0.29) is 0 Å². The van der Waals surface area contributed by atoms with Gasteiger partial charge in [-0.25, -0.2) is 4.98 Å². The Morgan fingerprint density at radius 2 is 2.36 bits per heavy atom. The van der Waals surface area contributed by atoms with Gasteiger partial charge >= 0.3 is 0 Å². The van der Waals surface area contributed by atoms with Crippen molar-refractivity contribution in [3.05, 3.63) is 29.0 Å². The van der Waals surface area contributed by atoms with Gasteiger partial charge in [0.15, 0.2) is 0 Å². The fourth-order valence-electron chi connectivity index (χ4n) is 1.49. The van der Waals surface area contributed by atoms with Gasteiger partial charge in [0, 0.05) is 28.8 Å². The summed E-state index contributed by atoms with van der Waals surface area (Å²) < 4.78 is 3.15. The van der Waals surface area contributed by atoms with Gasteiger partial charge in [-0.15, -0.1) is 0 Å². The number of hydrogen-bond donors (Lipinski definition) is 1. The van der Waals surface area contributed by atoms with Crippen molar-refractivity contribution in [2.24, 2.45) is 5.73 Å². The molecule has 0 aliphatic carbocycles. The number of nitrogens with zero attached hydrogens (tertiary/aromatic N) is 2. The van der Waals surface area contributed by atoms with Crippen LogP contribution in [-0.2, 0) is 6.54 Å². The average molecular weight is 254 g/mol. The minimum atomic E-state index is 0.718. The van der Waals surface area contributed by atoms with Gasteiger partial charge in [-0.2, -0.15) is 0 Å². The number of pyridine rings is 1. The van der Waals surface area contributed by atoms with E-state index in [9.17, 15) is 0 Å². The quantitative estimate of drug-likeness (QED) is 0.911. The zero-order valence-corrected chi connectivity index (χ0v) is 9.37. The Morgan fingerprint density at radius 3 is 3.14 bits per heavy atom. The molecular weight excluding hydrogens is 242 g/mol. The topological polar surface area (TPSA) is 43.8 Å². The standard InChI is InChI=1S/C10H12BrN3/c11-9-6-8-2-5-14(4-1-3-12)10(8)13-7-9/h2,5-7H,1,3-4,12H2. The molecule has 2 aromatic rings. The Bertz CT molecular complexity index is 436. The first kappa shape index (κ1) is 9.68. The Balaban J connectivity index is 2.37. The third-order valence-corrected chi connectivity index (χ3v) is 2.60. The van der Waals surface area contributed by atoms with Crippen LogP contribution < -0.4 is 5.73 Å². The summed E-state index contributed by atoms with van der Waals surface area (Å²) in [4.78, 5) is 4.37. The normalized spacial score (nSPS) is 11.0. The number of nitrogens with two attached hydrogens (primary N) is 1. The van der Waals surface area contributed by atoms with E-state index in [2.05, 4.69) is 43.8 Å². The number of rotatable bonds is 3. The second-order valence-electron chi connectivity index (χ2n) is 3.22. The maximum Gasteiger partial charge on any atom is 0.139 e. The second-order valence-corrected chi connectivity index (χ2v) is 4.13. The van der Waals surface area contributed by atoms with Gasteiger partial charge in [-0.05, 0) is 41.0 Å². The smallest absolute Gasteiger partial charge is 0.139 e. The minimum Gasteiger partial charge on any atom is -0.332 e. The van der Waals surface area contributed by atoms with Crippen LogP contribution in [-0.4, -0.2) is 16.1 Å². The van der Waals surface area contributed by atoms with E-state index in [0.29, 0.717) is 0 Å². The molecule has 0 bridgehead atoms. The predicted octanol–water partition coefficient (Wildman–Crippen LogP) is 2.15. The van der Waals surface area contributed by atoms with Gasteiger partial charge in [0.25, 0.3) is 0 Å². The van der Waals surface area contributed by atoms with E-state index in [1.807, 2.05) is 6.20 Å². The third kappa shape index (κ3) is 1.81. The van der Waals surface area contributed by atoms with E-state index in [1.54, 1.807) is 0 Å². The molecule has 14 heavy (non-hydrogen) atoms. The molecule has 0 aliphatic rings. The molecule has 0 unspecified atom stereocenters. The molecule has 3 nitrogen and oxygen atoms in total. The van der Waals surface area contributed by atoms with Crippen LogP contribution >= 0.6 is 15.9 Å². The summed E-state index contributed by atoms with van der Waals surface area (Å²) in [6, 6.07) is 4.14. The molecule has 4 heteroatoms. The Kier molecular flexibility index (Phi) is 2.84. The molecule has 2 rings (SSSR count). The summed E-state index contributed by atoms with van der Waals surface area (Å²) >= 11 is 3.40. The number of hydrogen-bond acceptors (Lipinski definition) is 2. The molecule has 2 N–H and O–H groups in total. The van der Waals surface area contributed by atoms with Crippen molar-refractivity contribution in [1.29, 1.82) is 0 Å². The van der Waals surface area contributed by atoms with E-state index in [4.69, 9.17) is 5.73 Å². The molecule has 0 spiro atoms. The predicted molar refractivity (Wildman–Crippen MR) is 61.1 cm³/mol. The summed E-state index contributed by atoms with van der Waals surface area (Å²) in [6.45, 7) is 1.66. The van der Waals surface area contributed by atoms with Crippen molar-refractivity contribution in [2.45, 2.75) is 13.0 Å². The Morgan fingerprint density at radius 1 is 1.50 bits per heavy atom. The molecule has 74 valence electrons. The number of aromatic nitrogens is 2. The highest BCUT2D eigenvalue weighted by molar-refractivity contribution is 9.10. The van der Waals surface area contributed by atoms with Crippen LogP contribution in [0.2, 0.25) is 0 Å². The first-order valence-corrected chi connectivity index (χ1v) is 5.41. The van der Waals surface area contributed by atoms with Gasteiger partial charge in [-0.3, -0.25) is 0 Å². The highest BCUT2D eigenvalue weighted by Crippen LogP contribution is 2.18. The van der Waals surface area contributed by atoms with E-state index < -0.39 is 0 Å². The molecule has 0 fully saturated rings. The number of fused-ring (bicyclic) bond motifs is 1. The van der Waals surface area contributed by atoms with Crippen molar-refractivity contribution in [3.8, 4) is 0 Å². The SMILES string of the molecule is NCCCn1ccc2cc(Br)cnc21. The van der Waals surface area contributed by atoms with Crippen molar-refractivity contribution >= 4 is 27.0 Å². The summed E-state index contributed by atoms with van der Waals surface area (Å²) in [7, 11) is 0. The molecular formula is C10H12BrN3. The van der Waals surface area contributed by atoms with E-state index in [0.717, 1.165) is 35.0 Å². The van der Waals surface area contributed by atoms with Crippen molar-refractivity contribution in [2.75, 3.05) is 6.54 Å². The molecule has 0 saturated carbocycles. The minimum absolute atomic E-state index is 0.718. The zero-order chi connectivity index (χ0) is 9.97. The van der Waals surface area contributed by atoms with Gasteiger partial charge < -0.3 is 10.3 Å². The van der Waals surface area contributed by atoms with E-state index in [1.165, 1.54) is 0 Å². The van der Waals surface area contributed by atoms with Crippen LogP contribution in [0.3, 0.4) is 0 Å². The van der Waals surface area contributed by atoms with Gasteiger partial charge in [-0.1, -0.05) is 0 Å². The zero-order valence-electron chi connectivity index (χ0n) is 7.78. The number of halogens is 1. The molecule has 0 amide bonds. The highest BCUT2D eigenvalue weighted by atomic mass is 79.9. The fourth-order valence-corrected chi connectivity index (χ4v) is 1.84. The Hall–Kier alpha value is -0.870. The van der Waals surface area contributed by atoms with Crippen LogP contribution in [0.1, 0.15) is 6.42 Å². The van der Waals surface area contributed by atoms with Crippen LogP contribution in [0.5, 0.6) is 0 Å². The summed E-state index contributed by atoms with van der Waals surface area (Å²) in [5.74, 6) is 0. The van der Waals surface area contributed by atoms with Gasteiger partial charge in [0.1, 0.15) is 5.65 Å². The first-order chi connectivity index (χ1) is 6.81. The molecule has 0 aromatic carbocycles. The summed E-state index contributed by atoms with van der Waals surface area (Å²) in [5, 5.41) is 1.16. The largest absolute Gasteiger partial charge is 0.332 e. The lowest BCUT2D eigenvalue weighted by atomic mass is 10.3. The van der Waals surface area contributed by atoms with Crippen molar-refractivity contribution in [1.82, 2.24) is 9.55 Å². The van der Waals surface area contributed by atoms with Crippen LogP contribution in [0.15, 0.2) is 29.0 Å². The second kappa shape index (κ2) is 4.11. The van der Waals surface area contributed by atoms with Crippen LogP contribution in [0.25, 0.3) is 11.0 Å². The van der Waals surface area contributed by atoms with Crippen molar-refractivity contribution < 1.29 is 0 Å². The lowest BCUT2D eigenvalue weighted by molar-refractivity contribution is 0.666. The van der Waals surface area contributed by atoms with Crippen LogP contribution in [0.4, 0.5) is 0 Å². The first-order valence-electron chi connectivity index (χ1n) is 4.62. The average Bonchev–Trinajstić information content (AvgIpc) is 2.57. The summed E-state index contributed by atoms with van der Waals surface area (Å²) in [6.07, 6.45) is 4.86. The lowest BCUT2D eigenvalue weighted by Crippen LogP contribution is -2.05. The maximum absolute atomic E-state index is 5.47. The molecule has 0 radical (unpaired) electrons. The maximum atomic E-state index is 5.47. The van der Waals surface area contributed by atoms with Gasteiger partial charge in [0.2, 0.25) is 0 Å². The molecule has 0 saturated heterocycles. The summed E-state index contributed by atoms with van der Waals surface area (Å²) in [5.41, 5.74) is 6.50. The van der Waals surface area contributed by atoms with Crippen molar-refractivity contribution in [3.63, 3.8) is 0 Å².